The van der Waals surface area contributed by atoms with Crippen molar-refractivity contribution in [3.05, 3.63) is 72.7 Å². The number of nitrogens with zero attached hydrogens (tertiary/aromatic N) is 2. The lowest BCUT2D eigenvalue weighted by atomic mass is 10.2. The summed E-state index contributed by atoms with van der Waals surface area (Å²) in [6, 6.07) is 10.4. The summed E-state index contributed by atoms with van der Waals surface area (Å²) in [6.07, 6.45) is 8.96. The van der Waals surface area contributed by atoms with Crippen LogP contribution in [0.2, 0.25) is 0 Å². The molecule has 1 N–H and O–H groups in total. The molecular weight excluding hydrogens is 238 g/mol. The van der Waals surface area contributed by atoms with Gasteiger partial charge >= 0.3 is 0 Å². The standard InChI is InChI=1S/C15H15N3O/c1-3-15(18-7-6-16-12-18)4-2-13(1)9-17-10-14-5-8-19-11-14/h1-8,11-12,17H,9-10H2. The van der Waals surface area contributed by atoms with Crippen LogP contribution in [0.1, 0.15) is 11.1 Å². The molecule has 4 heteroatoms. The molecule has 2 heterocycles. The summed E-state index contributed by atoms with van der Waals surface area (Å²) < 4.78 is 7.01. The van der Waals surface area contributed by atoms with Gasteiger partial charge in [-0.1, -0.05) is 12.1 Å². The normalized spacial score (nSPS) is 10.7. The summed E-state index contributed by atoms with van der Waals surface area (Å²) in [4.78, 5) is 4.04. The van der Waals surface area contributed by atoms with E-state index in [0.717, 1.165) is 24.3 Å². The lowest BCUT2D eigenvalue weighted by molar-refractivity contribution is 0.560. The van der Waals surface area contributed by atoms with Crippen molar-refractivity contribution in [3.8, 4) is 5.69 Å². The monoisotopic (exact) mass is 253 g/mol. The molecule has 0 amide bonds. The average molecular weight is 253 g/mol. The summed E-state index contributed by atoms with van der Waals surface area (Å²) in [5.41, 5.74) is 3.54. The summed E-state index contributed by atoms with van der Waals surface area (Å²) in [5, 5.41) is 3.38. The number of benzene rings is 1. The third-order valence-corrected chi connectivity index (χ3v) is 2.98. The van der Waals surface area contributed by atoms with Gasteiger partial charge in [-0.15, -0.1) is 0 Å². The summed E-state index contributed by atoms with van der Waals surface area (Å²) in [7, 11) is 0. The quantitative estimate of drug-likeness (QED) is 0.760. The molecule has 4 nitrogen and oxygen atoms in total. The predicted octanol–water partition coefficient (Wildman–Crippen LogP) is 2.76. The largest absolute Gasteiger partial charge is 0.472 e. The summed E-state index contributed by atoms with van der Waals surface area (Å²) in [5.74, 6) is 0. The number of imidazole rings is 1. The highest BCUT2D eigenvalue weighted by Gasteiger charge is 1.97. The number of hydrogen-bond donors (Lipinski definition) is 1. The van der Waals surface area contributed by atoms with E-state index in [-0.39, 0.29) is 0 Å². The van der Waals surface area contributed by atoms with Crippen LogP contribution in [0.25, 0.3) is 5.69 Å². The second-order valence-electron chi connectivity index (χ2n) is 4.37. The van der Waals surface area contributed by atoms with Crippen LogP contribution >= 0.6 is 0 Å². The maximum Gasteiger partial charge on any atom is 0.0991 e. The molecule has 0 fully saturated rings. The first-order valence-electron chi connectivity index (χ1n) is 6.21. The van der Waals surface area contributed by atoms with Crippen LogP contribution < -0.4 is 5.32 Å². The van der Waals surface area contributed by atoms with E-state index in [4.69, 9.17) is 4.42 Å². The van der Waals surface area contributed by atoms with E-state index in [0.29, 0.717) is 0 Å². The molecule has 0 atom stereocenters. The Morgan fingerprint density at radius 1 is 1.05 bits per heavy atom. The molecular formula is C15H15N3O. The molecule has 19 heavy (non-hydrogen) atoms. The molecule has 0 bridgehead atoms. The predicted molar refractivity (Wildman–Crippen MR) is 72.8 cm³/mol. The molecule has 3 aromatic rings. The van der Waals surface area contributed by atoms with Gasteiger partial charge in [0.1, 0.15) is 0 Å². The van der Waals surface area contributed by atoms with Crippen molar-refractivity contribution >= 4 is 0 Å². The van der Waals surface area contributed by atoms with E-state index in [9.17, 15) is 0 Å². The lowest BCUT2D eigenvalue weighted by Crippen LogP contribution is -2.12. The van der Waals surface area contributed by atoms with Crippen molar-refractivity contribution in [1.82, 2.24) is 14.9 Å². The van der Waals surface area contributed by atoms with Gasteiger partial charge in [0.05, 0.1) is 18.9 Å². The van der Waals surface area contributed by atoms with Crippen molar-refractivity contribution in [2.75, 3.05) is 0 Å². The number of rotatable bonds is 5. The van der Waals surface area contributed by atoms with Crippen LogP contribution in [0, 0.1) is 0 Å². The summed E-state index contributed by atoms with van der Waals surface area (Å²) in [6.45, 7) is 1.66. The SMILES string of the molecule is c1cn(-c2ccc(CNCc3ccoc3)cc2)cn1. The van der Waals surface area contributed by atoms with Crippen molar-refractivity contribution < 1.29 is 4.42 Å². The second kappa shape index (κ2) is 5.54. The number of aromatic nitrogens is 2. The Morgan fingerprint density at radius 2 is 1.89 bits per heavy atom. The van der Waals surface area contributed by atoms with E-state index in [1.807, 2.05) is 16.8 Å². The van der Waals surface area contributed by atoms with Gasteiger partial charge in [-0.05, 0) is 23.8 Å². The Hall–Kier alpha value is -2.33. The van der Waals surface area contributed by atoms with Gasteiger partial charge in [-0.3, -0.25) is 0 Å². The molecule has 2 aromatic heterocycles. The van der Waals surface area contributed by atoms with E-state index in [2.05, 4.69) is 34.6 Å². The van der Waals surface area contributed by atoms with Crippen LogP contribution in [-0.2, 0) is 13.1 Å². The Bertz CT molecular complexity index is 597. The Morgan fingerprint density at radius 3 is 2.58 bits per heavy atom. The van der Waals surface area contributed by atoms with E-state index < -0.39 is 0 Å². The topological polar surface area (TPSA) is 43.0 Å². The zero-order chi connectivity index (χ0) is 12.9. The first-order chi connectivity index (χ1) is 9.42. The average Bonchev–Trinajstić information content (AvgIpc) is 3.13. The number of furan rings is 1. The molecule has 3 rings (SSSR count). The fourth-order valence-electron chi connectivity index (χ4n) is 1.94. The van der Waals surface area contributed by atoms with Crippen LogP contribution in [0.15, 0.2) is 66.0 Å². The van der Waals surface area contributed by atoms with Crippen LogP contribution in [0.3, 0.4) is 0 Å². The van der Waals surface area contributed by atoms with Crippen molar-refractivity contribution in [2.45, 2.75) is 13.1 Å². The van der Waals surface area contributed by atoms with Crippen LogP contribution in [-0.4, -0.2) is 9.55 Å². The van der Waals surface area contributed by atoms with Gasteiger partial charge < -0.3 is 14.3 Å². The van der Waals surface area contributed by atoms with Crippen molar-refractivity contribution in [2.24, 2.45) is 0 Å². The lowest BCUT2D eigenvalue weighted by Gasteiger charge is -2.06. The minimum atomic E-state index is 0.819. The van der Waals surface area contributed by atoms with Crippen LogP contribution in [0.4, 0.5) is 0 Å². The number of hydrogen-bond acceptors (Lipinski definition) is 3. The molecule has 0 aliphatic carbocycles. The fraction of sp³-hybridized carbons (Fsp3) is 0.133. The third kappa shape index (κ3) is 2.92. The Labute approximate surface area is 111 Å². The molecule has 0 saturated carbocycles. The third-order valence-electron chi connectivity index (χ3n) is 2.98. The zero-order valence-corrected chi connectivity index (χ0v) is 10.5. The van der Waals surface area contributed by atoms with Gasteiger partial charge in [-0.25, -0.2) is 4.98 Å². The van der Waals surface area contributed by atoms with Crippen molar-refractivity contribution in [1.29, 1.82) is 0 Å². The highest BCUT2D eigenvalue weighted by molar-refractivity contribution is 5.34. The highest BCUT2D eigenvalue weighted by Crippen LogP contribution is 2.09. The number of nitrogens with one attached hydrogen (secondary N) is 1. The molecule has 0 spiro atoms. The fourth-order valence-corrected chi connectivity index (χ4v) is 1.94. The van der Waals surface area contributed by atoms with E-state index in [1.54, 1.807) is 25.1 Å². The van der Waals surface area contributed by atoms with Crippen molar-refractivity contribution in [3.63, 3.8) is 0 Å². The minimum Gasteiger partial charge on any atom is -0.472 e. The Kier molecular flexibility index (Phi) is 3.42. The molecule has 1 aromatic carbocycles. The van der Waals surface area contributed by atoms with Gasteiger partial charge in [0.2, 0.25) is 0 Å². The Balaban J connectivity index is 1.57. The van der Waals surface area contributed by atoms with E-state index in [1.165, 1.54) is 5.56 Å². The second-order valence-corrected chi connectivity index (χ2v) is 4.37. The maximum atomic E-state index is 5.03. The highest BCUT2D eigenvalue weighted by atomic mass is 16.3. The maximum absolute atomic E-state index is 5.03. The smallest absolute Gasteiger partial charge is 0.0991 e. The molecule has 0 unspecified atom stereocenters. The van der Waals surface area contributed by atoms with Gasteiger partial charge in [0.15, 0.2) is 0 Å². The first kappa shape index (κ1) is 11.7. The molecule has 0 aliphatic rings. The van der Waals surface area contributed by atoms with E-state index >= 15 is 0 Å². The zero-order valence-electron chi connectivity index (χ0n) is 10.5. The van der Waals surface area contributed by atoms with Gasteiger partial charge in [0, 0.05) is 36.7 Å². The molecule has 0 saturated heterocycles. The summed E-state index contributed by atoms with van der Waals surface area (Å²) >= 11 is 0. The molecule has 0 aliphatic heterocycles. The van der Waals surface area contributed by atoms with Crippen LogP contribution in [0.5, 0.6) is 0 Å². The molecule has 0 radical (unpaired) electrons. The molecule has 96 valence electrons. The minimum absolute atomic E-state index is 0.819. The van der Waals surface area contributed by atoms with Gasteiger partial charge in [-0.2, -0.15) is 0 Å². The first-order valence-corrected chi connectivity index (χ1v) is 6.21. The van der Waals surface area contributed by atoms with Gasteiger partial charge in [0.25, 0.3) is 0 Å².